The molecule has 0 amide bonds. The van der Waals surface area contributed by atoms with Crippen molar-refractivity contribution >= 4 is 0 Å². The van der Waals surface area contributed by atoms with Crippen LogP contribution in [0.15, 0.2) is 24.3 Å². The van der Waals surface area contributed by atoms with Gasteiger partial charge in [0.15, 0.2) is 0 Å². The number of nitrogens with two attached hydrogens (primary N) is 1. The van der Waals surface area contributed by atoms with E-state index in [0.717, 1.165) is 29.8 Å². The Kier molecular flexibility index (Phi) is 4.65. The molecule has 16 heavy (non-hydrogen) atoms. The molecule has 0 aliphatic heterocycles. The second kappa shape index (κ2) is 5.77. The van der Waals surface area contributed by atoms with E-state index >= 15 is 0 Å². The summed E-state index contributed by atoms with van der Waals surface area (Å²) in [6.07, 6.45) is 1.84. The molecule has 0 aliphatic carbocycles. The topological polar surface area (TPSA) is 50.9 Å². The fraction of sp³-hybridized carbons (Fsp3) is 0.462. The molecule has 0 saturated heterocycles. The fourth-order valence-corrected chi connectivity index (χ4v) is 1.76. The number of pyridine rings is 1. The maximum atomic E-state index is 5.60. The normalized spacial score (nSPS) is 12.5. The minimum Gasteiger partial charge on any atom is -0.271 e. The molecule has 0 aliphatic rings. The van der Waals surface area contributed by atoms with E-state index in [9.17, 15) is 0 Å². The Labute approximate surface area is 97.7 Å². The van der Waals surface area contributed by atoms with Crippen LogP contribution in [0.2, 0.25) is 0 Å². The van der Waals surface area contributed by atoms with Gasteiger partial charge in [-0.1, -0.05) is 25.1 Å². The average molecular weight is 219 g/mol. The molecular weight excluding hydrogens is 198 g/mol. The summed E-state index contributed by atoms with van der Waals surface area (Å²) in [4.78, 5) is 4.45. The van der Waals surface area contributed by atoms with Crippen molar-refractivity contribution in [3.05, 3.63) is 41.2 Å². The minimum atomic E-state index is 0.112. The maximum Gasteiger partial charge on any atom is 0.0514 e. The zero-order valence-corrected chi connectivity index (χ0v) is 10.4. The van der Waals surface area contributed by atoms with E-state index in [1.54, 1.807) is 0 Å². The molecule has 3 heteroatoms. The van der Waals surface area contributed by atoms with Gasteiger partial charge in [0, 0.05) is 11.4 Å². The van der Waals surface area contributed by atoms with Gasteiger partial charge in [0.25, 0.3) is 0 Å². The number of aromatic nitrogens is 1. The number of nitrogens with one attached hydrogen (secondary N) is 1. The van der Waals surface area contributed by atoms with E-state index in [-0.39, 0.29) is 6.04 Å². The van der Waals surface area contributed by atoms with Crippen LogP contribution in [0.5, 0.6) is 0 Å². The lowest BCUT2D eigenvalue weighted by Gasteiger charge is -2.19. The molecule has 0 spiro atoms. The van der Waals surface area contributed by atoms with Crippen molar-refractivity contribution in [3.8, 4) is 0 Å². The molecule has 0 bridgehead atoms. The van der Waals surface area contributed by atoms with Gasteiger partial charge in [-0.25, -0.2) is 0 Å². The third-order valence-corrected chi connectivity index (χ3v) is 2.84. The minimum absolute atomic E-state index is 0.112. The van der Waals surface area contributed by atoms with Crippen LogP contribution in [0, 0.1) is 13.8 Å². The van der Waals surface area contributed by atoms with E-state index in [2.05, 4.69) is 30.0 Å². The smallest absolute Gasteiger partial charge is 0.0514 e. The van der Waals surface area contributed by atoms with Crippen LogP contribution < -0.4 is 11.3 Å². The molecular formula is C13H21N3. The van der Waals surface area contributed by atoms with Crippen molar-refractivity contribution in [2.75, 3.05) is 0 Å². The molecule has 0 aromatic carbocycles. The fourth-order valence-electron chi connectivity index (χ4n) is 1.76. The Bertz CT molecular complexity index is 371. The molecule has 1 atom stereocenters. The van der Waals surface area contributed by atoms with Crippen LogP contribution in [0.25, 0.3) is 0 Å². The van der Waals surface area contributed by atoms with E-state index < -0.39 is 0 Å². The number of rotatable bonds is 5. The molecule has 1 rings (SSSR count). The van der Waals surface area contributed by atoms with Crippen molar-refractivity contribution in [3.63, 3.8) is 0 Å². The summed E-state index contributed by atoms with van der Waals surface area (Å²) >= 11 is 0. The zero-order chi connectivity index (χ0) is 12.1. The van der Waals surface area contributed by atoms with Crippen molar-refractivity contribution in [1.29, 1.82) is 0 Å². The maximum absolute atomic E-state index is 5.60. The lowest BCUT2D eigenvalue weighted by Crippen LogP contribution is -2.29. The van der Waals surface area contributed by atoms with Gasteiger partial charge >= 0.3 is 0 Å². The molecule has 3 N–H and O–H groups in total. The van der Waals surface area contributed by atoms with E-state index in [1.165, 1.54) is 5.57 Å². The van der Waals surface area contributed by atoms with Gasteiger partial charge in [0.05, 0.1) is 6.04 Å². The number of hydrogen-bond donors (Lipinski definition) is 2. The summed E-state index contributed by atoms with van der Waals surface area (Å²) in [5.74, 6) is 5.60. The number of aryl methyl sites for hydroxylation is 2. The Hall–Kier alpha value is -1.19. The zero-order valence-electron chi connectivity index (χ0n) is 10.4. The second-order valence-corrected chi connectivity index (χ2v) is 4.15. The summed E-state index contributed by atoms with van der Waals surface area (Å²) in [5, 5.41) is 0. The van der Waals surface area contributed by atoms with Crippen LogP contribution >= 0.6 is 0 Å². The summed E-state index contributed by atoms with van der Waals surface area (Å²) in [6, 6.07) is 4.22. The number of hydrogen-bond acceptors (Lipinski definition) is 3. The van der Waals surface area contributed by atoms with Crippen molar-refractivity contribution in [2.24, 2.45) is 5.84 Å². The van der Waals surface area contributed by atoms with Crippen molar-refractivity contribution < 1.29 is 0 Å². The van der Waals surface area contributed by atoms with Gasteiger partial charge in [0.2, 0.25) is 0 Å². The number of nitrogens with zero attached hydrogens (tertiary/aromatic N) is 1. The van der Waals surface area contributed by atoms with Gasteiger partial charge in [-0.3, -0.25) is 16.3 Å². The highest BCUT2D eigenvalue weighted by molar-refractivity contribution is 5.26. The standard InChI is InChI=1S/C13H21N3/c1-5-9(2)8-13(16-14)12-7-6-10(3)15-11(12)4/h6-7,13,16H,2,5,8,14H2,1,3-4H3. The van der Waals surface area contributed by atoms with E-state index in [4.69, 9.17) is 5.84 Å². The van der Waals surface area contributed by atoms with E-state index in [1.807, 2.05) is 19.9 Å². The predicted octanol–water partition coefficient (Wildman–Crippen LogP) is 2.56. The monoisotopic (exact) mass is 219 g/mol. The lowest BCUT2D eigenvalue weighted by molar-refractivity contribution is 0.540. The molecule has 88 valence electrons. The molecule has 0 radical (unpaired) electrons. The molecule has 1 unspecified atom stereocenters. The second-order valence-electron chi connectivity index (χ2n) is 4.15. The van der Waals surface area contributed by atoms with Gasteiger partial charge in [-0.05, 0) is 38.3 Å². The van der Waals surface area contributed by atoms with Crippen LogP contribution in [-0.4, -0.2) is 4.98 Å². The average Bonchev–Trinajstić information content (AvgIpc) is 2.26. The Balaban J connectivity index is 2.90. The Morgan fingerprint density at radius 2 is 2.19 bits per heavy atom. The van der Waals surface area contributed by atoms with Crippen molar-refractivity contribution in [2.45, 2.75) is 39.7 Å². The predicted molar refractivity (Wildman–Crippen MR) is 67.8 cm³/mol. The molecule has 0 fully saturated rings. The van der Waals surface area contributed by atoms with E-state index in [0.29, 0.717) is 0 Å². The quantitative estimate of drug-likeness (QED) is 0.454. The summed E-state index contributed by atoms with van der Waals surface area (Å²) < 4.78 is 0. The van der Waals surface area contributed by atoms with Crippen LogP contribution in [0.4, 0.5) is 0 Å². The highest BCUT2D eigenvalue weighted by Crippen LogP contribution is 2.23. The third kappa shape index (κ3) is 3.15. The number of hydrazine groups is 1. The van der Waals surface area contributed by atoms with Gasteiger partial charge in [-0.2, -0.15) is 0 Å². The first-order valence-electron chi connectivity index (χ1n) is 5.65. The summed E-state index contributed by atoms with van der Waals surface area (Å²) in [6.45, 7) is 10.1. The Morgan fingerprint density at radius 1 is 1.50 bits per heavy atom. The summed E-state index contributed by atoms with van der Waals surface area (Å²) in [7, 11) is 0. The Morgan fingerprint density at radius 3 is 2.69 bits per heavy atom. The largest absolute Gasteiger partial charge is 0.271 e. The summed E-state index contributed by atoms with van der Waals surface area (Å²) in [5.41, 5.74) is 7.26. The molecule has 1 aromatic heterocycles. The third-order valence-electron chi connectivity index (χ3n) is 2.84. The molecule has 0 saturated carbocycles. The first-order chi connectivity index (χ1) is 7.58. The highest BCUT2D eigenvalue weighted by Gasteiger charge is 2.13. The lowest BCUT2D eigenvalue weighted by atomic mass is 9.98. The highest BCUT2D eigenvalue weighted by atomic mass is 15.2. The van der Waals surface area contributed by atoms with Crippen LogP contribution in [-0.2, 0) is 0 Å². The van der Waals surface area contributed by atoms with Gasteiger partial charge < -0.3 is 0 Å². The van der Waals surface area contributed by atoms with Crippen LogP contribution in [0.1, 0.15) is 42.8 Å². The van der Waals surface area contributed by atoms with Crippen LogP contribution in [0.3, 0.4) is 0 Å². The molecule has 1 heterocycles. The van der Waals surface area contributed by atoms with Gasteiger partial charge in [0.1, 0.15) is 0 Å². The SMILES string of the molecule is C=C(CC)CC(NN)c1ccc(C)nc1C. The van der Waals surface area contributed by atoms with Crippen molar-refractivity contribution in [1.82, 2.24) is 10.4 Å². The van der Waals surface area contributed by atoms with Gasteiger partial charge in [-0.15, -0.1) is 0 Å². The molecule has 3 nitrogen and oxygen atoms in total. The first kappa shape index (κ1) is 12.9. The molecule has 1 aromatic rings. The first-order valence-corrected chi connectivity index (χ1v) is 5.65.